The number of amides is 2. The van der Waals surface area contributed by atoms with E-state index >= 15 is 0 Å². The van der Waals surface area contributed by atoms with Crippen molar-refractivity contribution in [1.82, 2.24) is 24.8 Å². The van der Waals surface area contributed by atoms with Gasteiger partial charge in [0.15, 0.2) is 5.78 Å². The molecule has 0 aliphatic carbocycles. The van der Waals surface area contributed by atoms with Crippen LogP contribution in [0.25, 0.3) is 22.0 Å². The summed E-state index contributed by atoms with van der Waals surface area (Å²) < 4.78 is 0. The Morgan fingerprint density at radius 3 is 2.09 bits per heavy atom. The zero-order chi connectivity index (χ0) is 31.4. The second kappa shape index (κ2) is 11.0. The summed E-state index contributed by atoms with van der Waals surface area (Å²) in [5.41, 5.74) is 4.22. The van der Waals surface area contributed by atoms with Gasteiger partial charge in [0, 0.05) is 48.4 Å². The van der Waals surface area contributed by atoms with Crippen molar-refractivity contribution in [3.63, 3.8) is 0 Å². The van der Waals surface area contributed by atoms with Crippen LogP contribution >= 0.6 is 0 Å². The highest BCUT2D eigenvalue weighted by Gasteiger charge is 2.50. The van der Waals surface area contributed by atoms with E-state index in [0.29, 0.717) is 18.8 Å². The molecule has 3 atom stereocenters. The molecule has 2 aromatic carbocycles. The number of hydrogen-bond acceptors (Lipinski definition) is 5. The van der Waals surface area contributed by atoms with Crippen molar-refractivity contribution in [3.05, 3.63) is 84.1 Å². The van der Waals surface area contributed by atoms with Gasteiger partial charge in [-0.05, 0) is 40.5 Å². The molecule has 2 bridgehead atoms. The summed E-state index contributed by atoms with van der Waals surface area (Å²) in [5, 5.41) is 0.976. The van der Waals surface area contributed by atoms with Crippen LogP contribution in [0.1, 0.15) is 81.1 Å². The van der Waals surface area contributed by atoms with Crippen molar-refractivity contribution in [1.29, 1.82) is 0 Å². The summed E-state index contributed by atoms with van der Waals surface area (Å²) in [7, 11) is 0. The second-order valence-electron chi connectivity index (χ2n) is 14.4. The second-order valence-corrected chi connectivity index (χ2v) is 14.4. The first-order chi connectivity index (χ1) is 20.8. The molecule has 0 unspecified atom stereocenters. The summed E-state index contributed by atoms with van der Waals surface area (Å²) in [6.45, 7) is 13.5. The van der Waals surface area contributed by atoms with Crippen molar-refractivity contribution in [3.8, 4) is 11.1 Å². The number of piperazine rings is 1. The first-order valence-electron chi connectivity index (χ1n) is 15.4. The fourth-order valence-corrected chi connectivity index (χ4v) is 6.55. The summed E-state index contributed by atoms with van der Waals surface area (Å²) >= 11 is 0. The minimum atomic E-state index is -0.474. The monoisotopic (exact) mass is 591 g/mol. The molecule has 8 nitrogen and oxygen atoms in total. The van der Waals surface area contributed by atoms with Crippen LogP contribution in [0, 0.1) is 11.3 Å². The van der Waals surface area contributed by atoms with Crippen molar-refractivity contribution in [2.75, 3.05) is 13.1 Å². The fraction of sp³-hybridized carbons (Fsp3) is 0.417. The van der Waals surface area contributed by atoms with Gasteiger partial charge in [-0.15, -0.1) is 0 Å². The Labute approximate surface area is 258 Å². The van der Waals surface area contributed by atoms with Gasteiger partial charge in [0.05, 0.1) is 23.7 Å². The van der Waals surface area contributed by atoms with Gasteiger partial charge in [0.25, 0.3) is 5.91 Å². The lowest BCUT2D eigenvalue weighted by atomic mass is 9.76. The molecule has 2 saturated heterocycles. The Hall–Kier alpha value is -4.33. The van der Waals surface area contributed by atoms with E-state index in [-0.39, 0.29) is 47.3 Å². The molecule has 2 fully saturated rings. The normalized spacial score (nSPS) is 19.0. The van der Waals surface area contributed by atoms with Gasteiger partial charge in [0.1, 0.15) is 0 Å². The smallest absolute Gasteiger partial charge is 0.292 e. The van der Waals surface area contributed by atoms with Crippen molar-refractivity contribution in [2.45, 2.75) is 71.9 Å². The number of fused-ring (bicyclic) bond motifs is 3. The van der Waals surface area contributed by atoms with Gasteiger partial charge in [-0.3, -0.25) is 14.4 Å². The van der Waals surface area contributed by atoms with Crippen molar-refractivity contribution >= 4 is 28.5 Å². The van der Waals surface area contributed by atoms with Crippen LogP contribution in [0.15, 0.2) is 67.0 Å². The molecule has 6 rings (SSSR count). The summed E-state index contributed by atoms with van der Waals surface area (Å²) in [5.74, 6) is -0.596. The molecule has 0 saturated carbocycles. The summed E-state index contributed by atoms with van der Waals surface area (Å²) in [4.78, 5) is 56.5. The lowest BCUT2D eigenvalue weighted by Gasteiger charge is -2.38. The average Bonchev–Trinajstić information content (AvgIpc) is 3.73. The molecular formula is C36H41N5O3. The van der Waals surface area contributed by atoms with Crippen molar-refractivity contribution in [2.24, 2.45) is 11.3 Å². The number of Topliss-reactive ketones (excluding diaryl/α,β-unsaturated/α-hetero) is 1. The number of aromatic amines is 1. The number of carbonyl (C=O) groups excluding carboxylic acids is 3. The number of H-pyrrole nitrogens is 1. The zero-order valence-corrected chi connectivity index (χ0v) is 26.4. The molecule has 2 aliphatic rings. The Morgan fingerprint density at radius 2 is 1.50 bits per heavy atom. The number of para-hydroxylation sites is 1. The molecule has 0 spiro atoms. The van der Waals surface area contributed by atoms with Crippen LogP contribution in [-0.4, -0.2) is 67.5 Å². The van der Waals surface area contributed by atoms with Gasteiger partial charge >= 0.3 is 0 Å². The maximum atomic E-state index is 14.0. The molecular weight excluding hydrogens is 550 g/mol. The predicted octanol–water partition coefficient (Wildman–Crippen LogP) is 6.28. The van der Waals surface area contributed by atoms with E-state index in [4.69, 9.17) is 0 Å². The number of benzene rings is 2. The van der Waals surface area contributed by atoms with Gasteiger partial charge in [-0.2, -0.15) is 0 Å². The molecule has 4 aromatic rings. The minimum Gasteiger partial charge on any atom is -0.352 e. The Kier molecular flexibility index (Phi) is 7.42. The third kappa shape index (κ3) is 5.65. The Morgan fingerprint density at radius 1 is 0.864 bits per heavy atom. The van der Waals surface area contributed by atoms with E-state index in [9.17, 15) is 14.4 Å². The maximum Gasteiger partial charge on any atom is 0.292 e. The number of carbonyl (C=O) groups is 3. The van der Waals surface area contributed by atoms with E-state index in [2.05, 4.69) is 60.0 Å². The number of likely N-dealkylation sites (tertiary alicyclic amines) is 2. The molecule has 2 amide bonds. The van der Waals surface area contributed by atoms with E-state index in [0.717, 1.165) is 28.5 Å². The van der Waals surface area contributed by atoms with Gasteiger partial charge in [-0.25, -0.2) is 9.97 Å². The van der Waals surface area contributed by atoms with Crippen LogP contribution in [0.4, 0.5) is 0 Å². The molecule has 44 heavy (non-hydrogen) atoms. The quantitative estimate of drug-likeness (QED) is 0.266. The highest BCUT2D eigenvalue weighted by molar-refractivity contribution is 6.01. The molecule has 0 radical (unpaired) electrons. The highest BCUT2D eigenvalue weighted by atomic mass is 16.2. The standard InChI is InChI=1S/C36H41N5O3/c1-35(2,3)25-13-11-22(12-14-25)24-18-37-32(38-19-24)34(44)41-21-26-16-27(41)20-40(26)33(43)28(36(4,5)6)17-31(42)30-15-23-9-7-8-10-29(23)39-30/h7-15,18-19,26-28,39H,16-17,20-21H2,1-6H3/t26-,27-,28+/m0/s1. The Bertz CT molecular complexity index is 1680. The van der Waals surface area contributed by atoms with Crippen molar-refractivity contribution < 1.29 is 14.4 Å². The molecule has 8 heteroatoms. The number of nitrogens with zero attached hydrogens (tertiary/aromatic N) is 4. The van der Waals surface area contributed by atoms with E-state index in [1.54, 1.807) is 12.4 Å². The Balaban J connectivity index is 1.11. The summed E-state index contributed by atoms with van der Waals surface area (Å²) in [6, 6.07) is 17.8. The SMILES string of the molecule is CC(C)(C)c1ccc(-c2cnc(C(=O)N3C[C@@H]4C[C@H]3CN4C(=O)[C@@H](CC(=O)c3cc4ccccc4[nH]3)C(C)(C)C)nc2)cc1. The van der Waals surface area contributed by atoms with E-state index in [1.165, 1.54) is 5.56 Å². The largest absolute Gasteiger partial charge is 0.352 e. The van der Waals surface area contributed by atoms with Gasteiger partial charge in [-0.1, -0.05) is 84.0 Å². The maximum absolute atomic E-state index is 14.0. The highest BCUT2D eigenvalue weighted by Crippen LogP contribution is 2.38. The number of ketones is 1. The molecule has 2 aromatic heterocycles. The first-order valence-corrected chi connectivity index (χ1v) is 15.4. The number of hydrogen-bond donors (Lipinski definition) is 1. The lowest BCUT2D eigenvalue weighted by molar-refractivity contribution is -0.141. The summed E-state index contributed by atoms with van der Waals surface area (Å²) in [6.07, 6.45) is 4.26. The van der Waals surface area contributed by atoms with Gasteiger partial charge < -0.3 is 14.8 Å². The van der Waals surface area contributed by atoms with Crippen LogP contribution in [0.2, 0.25) is 0 Å². The molecule has 4 heterocycles. The number of nitrogens with one attached hydrogen (secondary N) is 1. The number of rotatable bonds is 6. The van der Waals surface area contributed by atoms with E-state index in [1.807, 2.05) is 60.9 Å². The minimum absolute atomic E-state index is 0.0142. The van der Waals surface area contributed by atoms with Crippen LogP contribution < -0.4 is 0 Å². The molecule has 228 valence electrons. The van der Waals surface area contributed by atoms with Crippen LogP contribution in [0.3, 0.4) is 0 Å². The van der Waals surface area contributed by atoms with Gasteiger partial charge in [0.2, 0.25) is 11.7 Å². The van der Waals surface area contributed by atoms with Crippen LogP contribution in [-0.2, 0) is 10.2 Å². The topological polar surface area (TPSA) is 99.3 Å². The molecule has 1 N–H and O–H groups in total. The fourth-order valence-electron chi connectivity index (χ4n) is 6.55. The first kappa shape index (κ1) is 29.7. The lowest BCUT2D eigenvalue weighted by Crippen LogP contribution is -2.53. The third-order valence-corrected chi connectivity index (χ3v) is 9.28. The van der Waals surface area contributed by atoms with E-state index < -0.39 is 11.3 Å². The predicted molar refractivity (Wildman–Crippen MR) is 171 cm³/mol. The average molecular weight is 592 g/mol. The number of aromatic nitrogens is 3. The molecule has 2 aliphatic heterocycles. The van der Waals surface area contributed by atoms with Crippen LogP contribution in [0.5, 0.6) is 0 Å². The zero-order valence-electron chi connectivity index (χ0n) is 26.4. The third-order valence-electron chi connectivity index (χ3n) is 9.28.